The first kappa shape index (κ1) is 17.4. The number of imidazole rings is 1. The lowest BCUT2D eigenvalue weighted by Gasteiger charge is -2.33. The molecule has 2 aromatic rings. The Hall–Kier alpha value is -2.41. The molecule has 1 saturated heterocycles. The second-order valence-corrected chi connectivity index (χ2v) is 6.28. The van der Waals surface area contributed by atoms with Crippen molar-refractivity contribution in [1.29, 1.82) is 0 Å². The van der Waals surface area contributed by atoms with E-state index in [0.29, 0.717) is 26.1 Å². The monoisotopic (exact) mass is 343 g/mol. The number of carbonyl (C=O) groups excluding carboxylic acids is 1. The summed E-state index contributed by atoms with van der Waals surface area (Å²) < 4.78 is 7.86. The maximum Gasteiger partial charge on any atom is 0.222 e. The normalized spacial score (nSPS) is 17.5. The molecule has 3 rings (SSSR count). The molecule has 1 N–H and O–H groups in total. The minimum atomic E-state index is -0.168. The number of hydrogen-bond acceptors (Lipinski definition) is 5. The second kappa shape index (κ2) is 8.11. The van der Waals surface area contributed by atoms with Gasteiger partial charge in [0.2, 0.25) is 5.91 Å². The summed E-state index contributed by atoms with van der Waals surface area (Å²) in [6, 6.07) is 3.98. The van der Waals surface area contributed by atoms with E-state index in [4.69, 9.17) is 4.74 Å². The Morgan fingerprint density at radius 1 is 1.44 bits per heavy atom. The summed E-state index contributed by atoms with van der Waals surface area (Å²) >= 11 is 0. The lowest BCUT2D eigenvalue weighted by atomic mass is 10.1. The highest BCUT2D eigenvalue weighted by atomic mass is 16.5. The van der Waals surface area contributed by atoms with E-state index in [1.54, 1.807) is 12.5 Å². The topological polar surface area (TPSA) is 72.3 Å². The van der Waals surface area contributed by atoms with E-state index < -0.39 is 0 Å². The van der Waals surface area contributed by atoms with Gasteiger partial charge in [0.1, 0.15) is 6.10 Å². The molecule has 0 spiro atoms. The fraction of sp³-hybridized carbons (Fsp3) is 0.500. The van der Waals surface area contributed by atoms with Crippen molar-refractivity contribution in [1.82, 2.24) is 19.4 Å². The number of nitrogens with one attached hydrogen (secondary N) is 1. The van der Waals surface area contributed by atoms with Gasteiger partial charge in [0, 0.05) is 50.3 Å². The third-order valence-corrected chi connectivity index (χ3v) is 4.38. The zero-order valence-electron chi connectivity index (χ0n) is 14.8. The van der Waals surface area contributed by atoms with Crippen LogP contribution in [-0.2, 0) is 16.1 Å². The van der Waals surface area contributed by atoms with Crippen LogP contribution in [0.2, 0.25) is 0 Å². The van der Waals surface area contributed by atoms with E-state index >= 15 is 0 Å². The molecule has 1 aliphatic heterocycles. The van der Waals surface area contributed by atoms with Gasteiger partial charge in [-0.25, -0.2) is 4.98 Å². The van der Waals surface area contributed by atoms with E-state index in [2.05, 4.69) is 15.3 Å². The molecule has 0 aliphatic carbocycles. The van der Waals surface area contributed by atoms with Gasteiger partial charge < -0.3 is 19.5 Å². The Kier molecular flexibility index (Phi) is 5.65. The minimum absolute atomic E-state index is 0.168. The van der Waals surface area contributed by atoms with Crippen LogP contribution in [0.5, 0.6) is 0 Å². The molecule has 0 radical (unpaired) electrons. The molecular weight excluding hydrogens is 318 g/mol. The Morgan fingerprint density at radius 2 is 2.32 bits per heavy atom. The summed E-state index contributed by atoms with van der Waals surface area (Å²) in [4.78, 5) is 23.0. The van der Waals surface area contributed by atoms with Crippen LogP contribution in [-0.4, -0.2) is 52.1 Å². The van der Waals surface area contributed by atoms with E-state index in [-0.39, 0.29) is 12.0 Å². The van der Waals surface area contributed by atoms with Gasteiger partial charge in [-0.2, -0.15) is 0 Å². The van der Waals surface area contributed by atoms with Crippen LogP contribution in [0.1, 0.15) is 30.3 Å². The summed E-state index contributed by atoms with van der Waals surface area (Å²) in [5.74, 6) is 0.176. The van der Waals surface area contributed by atoms with Crippen molar-refractivity contribution in [3.05, 3.63) is 42.2 Å². The quantitative estimate of drug-likeness (QED) is 0.869. The van der Waals surface area contributed by atoms with Crippen LogP contribution in [0.25, 0.3) is 0 Å². The van der Waals surface area contributed by atoms with Crippen LogP contribution in [0.15, 0.2) is 30.9 Å². The van der Waals surface area contributed by atoms with Crippen molar-refractivity contribution < 1.29 is 9.53 Å². The number of aryl methyl sites for hydroxylation is 2. The van der Waals surface area contributed by atoms with Crippen molar-refractivity contribution >= 4 is 11.6 Å². The van der Waals surface area contributed by atoms with Gasteiger partial charge in [0.15, 0.2) is 0 Å². The maximum absolute atomic E-state index is 12.5. The van der Waals surface area contributed by atoms with E-state index in [1.807, 2.05) is 41.8 Å². The molecule has 1 aliphatic rings. The standard InChI is InChI=1S/C18H25N5O2/c1-14-10-15(19-2)11-16(21-14)17-12-23(8-9-25-17)18(24)4-3-6-22-7-5-20-13-22/h5,7,10-11,13,17H,3-4,6,8-9,12H2,1-2H3,(H,19,21)/t17-/m0/s1. The fourth-order valence-corrected chi connectivity index (χ4v) is 3.05. The van der Waals surface area contributed by atoms with Crippen molar-refractivity contribution in [3.63, 3.8) is 0 Å². The van der Waals surface area contributed by atoms with Gasteiger partial charge in [-0.15, -0.1) is 0 Å². The van der Waals surface area contributed by atoms with Gasteiger partial charge in [0.25, 0.3) is 0 Å². The molecule has 0 unspecified atom stereocenters. The number of carbonyl (C=O) groups is 1. The average Bonchev–Trinajstić information content (AvgIpc) is 3.14. The average molecular weight is 343 g/mol. The van der Waals surface area contributed by atoms with Crippen LogP contribution >= 0.6 is 0 Å². The first-order valence-electron chi connectivity index (χ1n) is 8.67. The molecule has 7 heteroatoms. The molecule has 1 fully saturated rings. The van der Waals surface area contributed by atoms with Crippen molar-refractivity contribution in [2.75, 3.05) is 32.1 Å². The van der Waals surface area contributed by atoms with Crippen molar-refractivity contribution in [3.8, 4) is 0 Å². The van der Waals surface area contributed by atoms with E-state index in [1.165, 1.54) is 0 Å². The Bertz CT molecular complexity index is 701. The molecule has 0 saturated carbocycles. The van der Waals surface area contributed by atoms with Crippen LogP contribution in [0.4, 0.5) is 5.69 Å². The molecule has 3 heterocycles. The van der Waals surface area contributed by atoms with Gasteiger partial charge >= 0.3 is 0 Å². The Balaban J connectivity index is 1.57. The lowest BCUT2D eigenvalue weighted by molar-refractivity contribution is -0.139. The number of anilines is 1. The molecule has 0 bridgehead atoms. The predicted octanol–water partition coefficient (Wildman–Crippen LogP) is 2.01. The van der Waals surface area contributed by atoms with Crippen LogP contribution < -0.4 is 5.32 Å². The zero-order valence-corrected chi connectivity index (χ0v) is 14.8. The number of morpholine rings is 1. The number of amides is 1. The number of rotatable bonds is 6. The molecule has 1 amide bonds. The first-order valence-corrected chi connectivity index (χ1v) is 8.67. The highest BCUT2D eigenvalue weighted by Gasteiger charge is 2.26. The Labute approximate surface area is 148 Å². The number of pyridine rings is 1. The highest BCUT2D eigenvalue weighted by Crippen LogP contribution is 2.24. The Morgan fingerprint density at radius 3 is 3.08 bits per heavy atom. The first-order chi connectivity index (χ1) is 12.2. The molecule has 0 aromatic carbocycles. The zero-order chi connectivity index (χ0) is 17.6. The molecule has 7 nitrogen and oxygen atoms in total. The van der Waals surface area contributed by atoms with Crippen molar-refractivity contribution in [2.24, 2.45) is 0 Å². The smallest absolute Gasteiger partial charge is 0.222 e. The summed E-state index contributed by atoms with van der Waals surface area (Å²) in [7, 11) is 1.89. The van der Waals surface area contributed by atoms with Crippen LogP contribution in [0.3, 0.4) is 0 Å². The SMILES string of the molecule is CNc1cc(C)nc([C@@H]2CN(C(=O)CCCn3ccnc3)CCO2)c1. The number of aromatic nitrogens is 3. The minimum Gasteiger partial charge on any atom is -0.388 e. The maximum atomic E-state index is 12.5. The third-order valence-electron chi connectivity index (χ3n) is 4.38. The van der Waals surface area contributed by atoms with Gasteiger partial charge in [0.05, 0.1) is 25.2 Å². The van der Waals surface area contributed by atoms with E-state index in [9.17, 15) is 4.79 Å². The summed E-state index contributed by atoms with van der Waals surface area (Å²) in [6.07, 6.45) is 6.62. The summed E-state index contributed by atoms with van der Waals surface area (Å²) in [5.41, 5.74) is 2.82. The summed E-state index contributed by atoms with van der Waals surface area (Å²) in [5, 5.41) is 3.14. The van der Waals surface area contributed by atoms with Gasteiger partial charge in [-0.1, -0.05) is 0 Å². The molecule has 25 heavy (non-hydrogen) atoms. The molecule has 2 aromatic heterocycles. The van der Waals surface area contributed by atoms with Crippen molar-refractivity contribution in [2.45, 2.75) is 32.4 Å². The molecule has 134 valence electrons. The fourth-order valence-electron chi connectivity index (χ4n) is 3.05. The predicted molar refractivity (Wildman–Crippen MR) is 95.3 cm³/mol. The van der Waals surface area contributed by atoms with E-state index in [0.717, 1.165) is 30.0 Å². The lowest BCUT2D eigenvalue weighted by Crippen LogP contribution is -2.42. The van der Waals surface area contributed by atoms with Gasteiger partial charge in [-0.3, -0.25) is 9.78 Å². The summed E-state index contributed by atoms with van der Waals surface area (Å²) in [6.45, 7) is 4.52. The third kappa shape index (κ3) is 4.57. The number of ether oxygens (including phenoxy) is 1. The molecular formula is C18H25N5O2. The second-order valence-electron chi connectivity index (χ2n) is 6.28. The van der Waals surface area contributed by atoms with Crippen LogP contribution in [0, 0.1) is 6.92 Å². The van der Waals surface area contributed by atoms with Gasteiger partial charge in [-0.05, 0) is 25.5 Å². The highest BCUT2D eigenvalue weighted by molar-refractivity contribution is 5.76. The number of hydrogen-bond donors (Lipinski definition) is 1. The molecule has 1 atom stereocenters. The largest absolute Gasteiger partial charge is 0.388 e. The number of nitrogens with zero attached hydrogens (tertiary/aromatic N) is 4.